The molecule has 23 heavy (non-hydrogen) atoms. The van der Waals surface area contributed by atoms with Crippen molar-refractivity contribution < 1.29 is 9.84 Å². The van der Waals surface area contributed by atoms with Crippen molar-refractivity contribution in [2.45, 2.75) is 45.9 Å². The molecule has 0 unspecified atom stereocenters. The molecule has 1 aromatic carbocycles. The fourth-order valence-corrected chi connectivity index (χ4v) is 2.66. The van der Waals surface area contributed by atoms with E-state index in [2.05, 4.69) is 14.9 Å². The Morgan fingerprint density at radius 2 is 1.91 bits per heavy atom. The van der Waals surface area contributed by atoms with E-state index in [1.165, 1.54) is 5.56 Å². The Bertz CT molecular complexity index is 532. The van der Waals surface area contributed by atoms with Gasteiger partial charge in [-0.1, -0.05) is 26.0 Å². The molecular weight excluding hydrogens is 290 g/mol. The molecule has 5 heteroatoms. The van der Waals surface area contributed by atoms with Crippen molar-refractivity contribution in [3.05, 3.63) is 48.0 Å². The molecule has 0 spiro atoms. The predicted octanol–water partition coefficient (Wildman–Crippen LogP) is 3.32. The Balaban J connectivity index is 0.000000924. The van der Waals surface area contributed by atoms with Gasteiger partial charge in [0.25, 0.3) is 0 Å². The number of aromatic amines is 1. The Morgan fingerprint density at radius 1 is 1.22 bits per heavy atom. The second-order valence-electron chi connectivity index (χ2n) is 5.53. The molecule has 2 heterocycles. The van der Waals surface area contributed by atoms with Gasteiger partial charge in [-0.15, -0.1) is 0 Å². The molecule has 1 aliphatic rings. The van der Waals surface area contributed by atoms with Crippen LogP contribution in [-0.2, 0) is 17.9 Å². The van der Waals surface area contributed by atoms with E-state index in [1.54, 1.807) is 24.7 Å². The van der Waals surface area contributed by atoms with Crippen LogP contribution in [0.4, 0.5) is 0 Å². The van der Waals surface area contributed by atoms with Crippen LogP contribution < -0.4 is 0 Å². The van der Waals surface area contributed by atoms with Gasteiger partial charge in [-0.3, -0.25) is 4.90 Å². The van der Waals surface area contributed by atoms with Crippen LogP contribution in [0.1, 0.15) is 37.9 Å². The summed E-state index contributed by atoms with van der Waals surface area (Å²) in [6.07, 6.45) is 5.95. The number of rotatable bonds is 5. The van der Waals surface area contributed by atoms with E-state index in [4.69, 9.17) is 4.74 Å². The van der Waals surface area contributed by atoms with Gasteiger partial charge in [0.05, 0.1) is 30.9 Å². The number of aromatic hydroxyl groups is 1. The number of H-pyrrole nitrogens is 1. The number of nitrogens with one attached hydrogen (secondary N) is 1. The van der Waals surface area contributed by atoms with Crippen molar-refractivity contribution in [2.75, 3.05) is 13.1 Å². The summed E-state index contributed by atoms with van der Waals surface area (Å²) in [4.78, 5) is 9.48. The summed E-state index contributed by atoms with van der Waals surface area (Å²) in [5.41, 5.74) is 2.27. The van der Waals surface area contributed by atoms with Crippen LogP contribution in [0.3, 0.4) is 0 Å². The molecule has 2 N–H and O–H groups in total. The molecule has 126 valence electrons. The first-order valence-electron chi connectivity index (χ1n) is 8.39. The topological polar surface area (TPSA) is 61.4 Å². The van der Waals surface area contributed by atoms with Crippen molar-refractivity contribution in [1.29, 1.82) is 0 Å². The Kier molecular flexibility index (Phi) is 7.10. The first-order chi connectivity index (χ1) is 11.3. The van der Waals surface area contributed by atoms with E-state index in [9.17, 15) is 5.11 Å². The summed E-state index contributed by atoms with van der Waals surface area (Å²) in [6.45, 7) is 7.65. The lowest BCUT2D eigenvalue weighted by molar-refractivity contribution is -0.00511. The molecule has 1 aliphatic heterocycles. The first kappa shape index (κ1) is 17.5. The summed E-state index contributed by atoms with van der Waals surface area (Å²) < 4.78 is 5.91. The molecule has 0 atom stereocenters. The van der Waals surface area contributed by atoms with Crippen LogP contribution in [0, 0.1) is 0 Å². The number of piperidine rings is 1. The maximum Gasteiger partial charge on any atom is 0.115 e. The summed E-state index contributed by atoms with van der Waals surface area (Å²) in [5.74, 6) is 0.324. The number of imidazole rings is 1. The SMILES string of the molecule is CC.Oc1ccc(CN2CCC(OCc3cnc[nH]3)CC2)cc1. The average molecular weight is 317 g/mol. The monoisotopic (exact) mass is 317 g/mol. The van der Waals surface area contributed by atoms with Crippen molar-refractivity contribution >= 4 is 0 Å². The van der Waals surface area contributed by atoms with Crippen molar-refractivity contribution in [3.63, 3.8) is 0 Å². The second-order valence-corrected chi connectivity index (χ2v) is 5.53. The second kappa shape index (κ2) is 9.33. The lowest BCUT2D eigenvalue weighted by atomic mass is 10.1. The molecule has 0 amide bonds. The highest BCUT2D eigenvalue weighted by Crippen LogP contribution is 2.18. The number of likely N-dealkylation sites (tertiary alicyclic amines) is 1. The molecule has 1 aromatic heterocycles. The van der Waals surface area contributed by atoms with Crippen molar-refractivity contribution in [2.24, 2.45) is 0 Å². The minimum absolute atomic E-state index is 0.324. The zero-order chi connectivity index (χ0) is 16.5. The number of ether oxygens (including phenoxy) is 1. The highest BCUT2D eigenvalue weighted by atomic mass is 16.5. The fourth-order valence-electron chi connectivity index (χ4n) is 2.66. The van der Waals surface area contributed by atoms with Crippen molar-refractivity contribution in [1.82, 2.24) is 14.9 Å². The third kappa shape index (κ3) is 5.69. The zero-order valence-corrected chi connectivity index (χ0v) is 14.0. The molecular formula is C18H27N3O2. The molecule has 0 radical (unpaired) electrons. The standard InChI is InChI=1S/C16H21N3O2.C2H6/c20-15-3-1-13(2-4-15)10-19-7-5-16(6-8-19)21-11-14-9-17-12-18-14;1-2/h1-4,9,12,16,20H,5-8,10-11H2,(H,17,18);1-2H3. The van der Waals surface area contributed by atoms with Gasteiger partial charge in [0.2, 0.25) is 0 Å². The highest BCUT2D eigenvalue weighted by molar-refractivity contribution is 5.25. The number of phenolic OH excluding ortho intramolecular Hbond substituents is 1. The van der Waals surface area contributed by atoms with Gasteiger partial charge in [-0.05, 0) is 30.5 Å². The summed E-state index contributed by atoms with van der Waals surface area (Å²) >= 11 is 0. The lowest BCUT2D eigenvalue weighted by Gasteiger charge is -2.31. The summed E-state index contributed by atoms with van der Waals surface area (Å²) in [5, 5.41) is 9.30. The first-order valence-corrected chi connectivity index (χ1v) is 8.39. The van der Waals surface area contributed by atoms with Crippen LogP contribution in [0.25, 0.3) is 0 Å². The van der Waals surface area contributed by atoms with E-state index in [-0.39, 0.29) is 0 Å². The van der Waals surface area contributed by atoms with Crippen LogP contribution in [0.2, 0.25) is 0 Å². The number of nitrogens with zero attached hydrogens (tertiary/aromatic N) is 2. The molecule has 1 fully saturated rings. The average Bonchev–Trinajstić information content (AvgIpc) is 3.12. The Hall–Kier alpha value is -1.85. The minimum Gasteiger partial charge on any atom is -0.508 e. The summed E-state index contributed by atoms with van der Waals surface area (Å²) in [7, 11) is 0. The maximum absolute atomic E-state index is 9.30. The number of hydrogen-bond acceptors (Lipinski definition) is 4. The molecule has 3 rings (SSSR count). The predicted molar refractivity (Wildman–Crippen MR) is 91.1 cm³/mol. The fraction of sp³-hybridized carbons (Fsp3) is 0.500. The molecule has 0 aliphatic carbocycles. The number of phenols is 1. The molecule has 1 saturated heterocycles. The molecule has 0 bridgehead atoms. The highest BCUT2D eigenvalue weighted by Gasteiger charge is 2.19. The zero-order valence-electron chi connectivity index (χ0n) is 14.0. The van der Waals surface area contributed by atoms with Crippen LogP contribution >= 0.6 is 0 Å². The van der Waals surface area contributed by atoms with Crippen molar-refractivity contribution in [3.8, 4) is 5.75 Å². The number of hydrogen-bond donors (Lipinski definition) is 2. The summed E-state index contributed by atoms with van der Waals surface area (Å²) in [6, 6.07) is 7.46. The normalized spacial score (nSPS) is 15.9. The largest absolute Gasteiger partial charge is 0.508 e. The lowest BCUT2D eigenvalue weighted by Crippen LogP contribution is -2.36. The number of aromatic nitrogens is 2. The number of benzene rings is 1. The van der Waals surface area contributed by atoms with Gasteiger partial charge < -0.3 is 14.8 Å². The van der Waals surface area contributed by atoms with Gasteiger partial charge in [-0.2, -0.15) is 0 Å². The van der Waals surface area contributed by atoms with Gasteiger partial charge in [-0.25, -0.2) is 4.98 Å². The molecule has 5 nitrogen and oxygen atoms in total. The van der Waals surface area contributed by atoms with Crippen LogP contribution in [0.5, 0.6) is 5.75 Å². The Morgan fingerprint density at radius 3 is 2.52 bits per heavy atom. The maximum atomic E-state index is 9.30. The quantitative estimate of drug-likeness (QED) is 0.888. The van der Waals surface area contributed by atoms with E-state index in [0.717, 1.165) is 38.2 Å². The van der Waals surface area contributed by atoms with Gasteiger partial charge in [0.15, 0.2) is 0 Å². The van der Waals surface area contributed by atoms with E-state index < -0.39 is 0 Å². The third-order valence-electron chi connectivity index (χ3n) is 3.91. The van der Waals surface area contributed by atoms with Gasteiger partial charge in [0.1, 0.15) is 5.75 Å². The van der Waals surface area contributed by atoms with E-state index in [1.807, 2.05) is 26.0 Å². The minimum atomic E-state index is 0.324. The van der Waals surface area contributed by atoms with Gasteiger partial charge >= 0.3 is 0 Å². The molecule has 0 saturated carbocycles. The molecule has 2 aromatic rings. The van der Waals surface area contributed by atoms with Gasteiger partial charge in [0, 0.05) is 19.6 Å². The third-order valence-corrected chi connectivity index (χ3v) is 3.91. The Labute approximate surface area is 138 Å². The van der Waals surface area contributed by atoms with E-state index >= 15 is 0 Å². The smallest absolute Gasteiger partial charge is 0.115 e. The van der Waals surface area contributed by atoms with E-state index in [0.29, 0.717) is 18.5 Å². The van der Waals surface area contributed by atoms with Crippen LogP contribution in [0.15, 0.2) is 36.8 Å². The van der Waals surface area contributed by atoms with Crippen LogP contribution in [-0.4, -0.2) is 39.2 Å².